The molecule has 1 atom stereocenters. The summed E-state index contributed by atoms with van der Waals surface area (Å²) in [6, 6.07) is 10.7. The molecule has 1 saturated heterocycles. The maximum absolute atomic E-state index is 13.9. The Balaban J connectivity index is 1.57. The maximum atomic E-state index is 13.9. The highest BCUT2D eigenvalue weighted by molar-refractivity contribution is 7.22. The van der Waals surface area contributed by atoms with Gasteiger partial charge in [-0.15, -0.1) is 0 Å². The summed E-state index contributed by atoms with van der Waals surface area (Å²) in [5.41, 5.74) is 0.573. The van der Waals surface area contributed by atoms with Crippen LogP contribution in [-0.2, 0) is 4.79 Å². The van der Waals surface area contributed by atoms with Crippen LogP contribution in [0.4, 0.5) is 19.6 Å². The van der Waals surface area contributed by atoms with Gasteiger partial charge in [0.2, 0.25) is 5.91 Å². The topological polar surface area (TPSA) is 45.2 Å². The second-order valence-electron chi connectivity index (χ2n) is 5.53. The normalized spacial score (nSPS) is 17.7. The van der Waals surface area contributed by atoms with Crippen molar-refractivity contribution in [1.29, 1.82) is 0 Å². The number of para-hydroxylation sites is 2. The molecule has 2 heterocycles. The fourth-order valence-electron chi connectivity index (χ4n) is 2.87. The van der Waals surface area contributed by atoms with Gasteiger partial charge in [-0.25, -0.2) is 13.8 Å². The van der Waals surface area contributed by atoms with Crippen LogP contribution < -0.4 is 10.2 Å². The van der Waals surface area contributed by atoms with E-state index in [0.717, 1.165) is 27.2 Å². The van der Waals surface area contributed by atoms with Gasteiger partial charge in [0, 0.05) is 6.54 Å². The maximum Gasteiger partial charge on any atom is 0.249 e. The molecule has 1 fully saturated rings. The first-order chi connectivity index (χ1) is 11.6. The number of halogens is 2. The molecular weight excluding hydrogens is 332 g/mol. The molecule has 1 aromatic heterocycles. The predicted molar refractivity (Wildman–Crippen MR) is 90.4 cm³/mol. The minimum atomic E-state index is -0.732. The summed E-state index contributed by atoms with van der Waals surface area (Å²) in [7, 11) is 0. The van der Waals surface area contributed by atoms with Crippen molar-refractivity contribution in [3.8, 4) is 0 Å². The third kappa shape index (κ3) is 2.50. The van der Waals surface area contributed by atoms with Crippen LogP contribution in [0.1, 0.15) is 6.42 Å². The monoisotopic (exact) mass is 345 g/mol. The zero-order valence-electron chi connectivity index (χ0n) is 12.5. The van der Waals surface area contributed by atoms with Crippen molar-refractivity contribution in [3.63, 3.8) is 0 Å². The van der Waals surface area contributed by atoms with E-state index < -0.39 is 17.7 Å². The molecule has 0 spiro atoms. The molecule has 0 aliphatic carbocycles. The number of hydrogen-bond acceptors (Lipinski definition) is 4. The molecule has 4 rings (SSSR count). The lowest BCUT2D eigenvalue weighted by molar-refractivity contribution is -0.117. The summed E-state index contributed by atoms with van der Waals surface area (Å²) >= 11 is 1.45. The van der Waals surface area contributed by atoms with Crippen molar-refractivity contribution in [2.24, 2.45) is 0 Å². The largest absolute Gasteiger partial charge is 0.350 e. The lowest BCUT2D eigenvalue weighted by Crippen LogP contribution is -2.34. The first-order valence-electron chi connectivity index (χ1n) is 7.51. The van der Waals surface area contributed by atoms with E-state index in [9.17, 15) is 13.6 Å². The molecule has 1 aliphatic rings. The van der Waals surface area contributed by atoms with Crippen LogP contribution in [0.5, 0.6) is 0 Å². The summed E-state index contributed by atoms with van der Waals surface area (Å²) < 4.78 is 28.8. The number of thiazole rings is 1. The van der Waals surface area contributed by atoms with E-state index in [1.165, 1.54) is 17.4 Å². The number of rotatable bonds is 3. The number of nitrogens with zero attached hydrogens (tertiary/aromatic N) is 2. The lowest BCUT2D eigenvalue weighted by atomic mass is 10.2. The number of aromatic nitrogens is 1. The molecule has 1 unspecified atom stereocenters. The van der Waals surface area contributed by atoms with Crippen molar-refractivity contribution in [2.75, 3.05) is 16.8 Å². The first-order valence-corrected chi connectivity index (χ1v) is 8.32. The number of fused-ring (bicyclic) bond motifs is 1. The minimum absolute atomic E-state index is 0.263. The van der Waals surface area contributed by atoms with Crippen molar-refractivity contribution in [3.05, 3.63) is 54.1 Å². The van der Waals surface area contributed by atoms with Crippen molar-refractivity contribution < 1.29 is 13.6 Å². The molecule has 3 aromatic rings. The van der Waals surface area contributed by atoms with Gasteiger partial charge in [-0.3, -0.25) is 4.79 Å². The minimum Gasteiger partial charge on any atom is -0.350 e. The summed E-state index contributed by atoms with van der Waals surface area (Å²) in [4.78, 5) is 18.1. The highest BCUT2D eigenvalue weighted by atomic mass is 32.1. The molecule has 0 saturated carbocycles. The molecule has 1 aliphatic heterocycles. The Labute approximate surface area is 140 Å². The van der Waals surface area contributed by atoms with Gasteiger partial charge in [0.25, 0.3) is 0 Å². The van der Waals surface area contributed by atoms with Crippen LogP contribution in [0.25, 0.3) is 10.2 Å². The van der Waals surface area contributed by atoms with Crippen LogP contribution in [0, 0.1) is 11.6 Å². The summed E-state index contributed by atoms with van der Waals surface area (Å²) in [6.45, 7) is 0.263. The lowest BCUT2D eigenvalue weighted by Gasteiger charge is -2.18. The average Bonchev–Trinajstić information content (AvgIpc) is 3.12. The summed E-state index contributed by atoms with van der Waals surface area (Å²) in [5.74, 6) is -1.81. The third-order valence-electron chi connectivity index (χ3n) is 4.00. The Hall–Kier alpha value is -2.54. The first kappa shape index (κ1) is 15.0. The fraction of sp³-hybridized carbons (Fsp3) is 0.176. The van der Waals surface area contributed by atoms with Crippen molar-refractivity contribution >= 4 is 38.3 Å². The van der Waals surface area contributed by atoms with Gasteiger partial charge < -0.3 is 10.2 Å². The quantitative estimate of drug-likeness (QED) is 0.785. The van der Waals surface area contributed by atoms with E-state index >= 15 is 0 Å². The molecule has 24 heavy (non-hydrogen) atoms. The Morgan fingerprint density at radius 2 is 1.88 bits per heavy atom. The Bertz CT molecular complexity index is 874. The number of hydrogen-bond donors (Lipinski definition) is 1. The smallest absolute Gasteiger partial charge is 0.249 e. The van der Waals surface area contributed by atoms with E-state index in [4.69, 9.17) is 0 Å². The van der Waals surface area contributed by atoms with E-state index in [-0.39, 0.29) is 18.1 Å². The number of amides is 1. The van der Waals surface area contributed by atoms with Crippen molar-refractivity contribution in [2.45, 2.75) is 12.5 Å². The predicted octanol–water partition coefficient (Wildman–Crippen LogP) is 3.79. The molecule has 0 radical (unpaired) electrons. The molecule has 0 bridgehead atoms. The standard InChI is InChI=1S/C17H13F2N3OS/c18-10-4-3-5-11(19)15(10)22-9-8-13(16(22)23)21-17-20-12-6-1-2-7-14(12)24-17/h1-7,13H,8-9H2,(H,20,21). The number of anilines is 2. The van der Waals surface area contributed by atoms with E-state index in [1.807, 2.05) is 24.3 Å². The zero-order valence-corrected chi connectivity index (χ0v) is 13.3. The zero-order chi connectivity index (χ0) is 16.7. The number of benzene rings is 2. The molecular formula is C17H13F2N3OS. The van der Waals surface area contributed by atoms with Gasteiger partial charge in [-0.05, 0) is 30.7 Å². The van der Waals surface area contributed by atoms with Gasteiger partial charge in [0.15, 0.2) is 5.13 Å². The van der Waals surface area contributed by atoms with Gasteiger partial charge in [0.1, 0.15) is 23.4 Å². The highest BCUT2D eigenvalue weighted by Gasteiger charge is 2.35. The summed E-state index contributed by atoms with van der Waals surface area (Å²) in [6.07, 6.45) is 0.461. The van der Waals surface area contributed by atoms with Gasteiger partial charge in [-0.2, -0.15) is 0 Å². The van der Waals surface area contributed by atoms with Gasteiger partial charge >= 0.3 is 0 Å². The molecule has 1 amide bonds. The molecule has 2 aromatic carbocycles. The van der Waals surface area contributed by atoms with Crippen molar-refractivity contribution in [1.82, 2.24) is 4.98 Å². The Morgan fingerprint density at radius 1 is 1.12 bits per heavy atom. The van der Waals surface area contributed by atoms with E-state index in [1.54, 1.807) is 0 Å². The van der Waals surface area contributed by atoms with Crippen LogP contribution in [-0.4, -0.2) is 23.5 Å². The van der Waals surface area contributed by atoms with Crippen LogP contribution in [0.3, 0.4) is 0 Å². The Morgan fingerprint density at radius 3 is 2.62 bits per heavy atom. The number of nitrogens with one attached hydrogen (secondary N) is 1. The second kappa shape index (κ2) is 5.83. The van der Waals surface area contributed by atoms with Crippen LogP contribution in [0.15, 0.2) is 42.5 Å². The average molecular weight is 345 g/mol. The molecule has 7 heteroatoms. The van der Waals surface area contributed by atoms with E-state index in [2.05, 4.69) is 10.3 Å². The number of carbonyl (C=O) groups is 1. The molecule has 1 N–H and O–H groups in total. The second-order valence-corrected chi connectivity index (χ2v) is 6.56. The SMILES string of the molecule is O=C1C(Nc2nc3ccccc3s2)CCN1c1c(F)cccc1F. The summed E-state index contributed by atoms with van der Waals surface area (Å²) in [5, 5.41) is 3.72. The fourth-order valence-corrected chi connectivity index (χ4v) is 3.78. The van der Waals surface area contributed by atoms with Crippen LogP contribution >= 0.6 is 11.3 Å². The van der Waals surface area contributed by atoms with E-state index in [0.29, 0.717) is 11.6 Å². The molecule has 122 valence electrons. The van der Waals surface area contributed by atoms with Gasteiger partial charge in [-0.1, -0.05) is 29.5 Å². The molecule has 4 nitrogen and oxygen atoms in total. The Kier molecular flexibility index (Phi) is 3.65. The highest BCUT2D eigenvalue weighted by Crippen LogP contribution is 2.31. The number of carbonyl (C=O) groups excluding carboxylic acids is 1. The third-order valence-corrected chi connectivity index (χ3v) is 4.97. The van der Waals surface area contributed by atoms with Gasteiger partial charge in [0.05, 0.1) is 10.2 Å². The van der Waals surface area contributed by atoms with Crippen LogP contribution in [0.2, 0.25) is 0 Å².